The lowest BCUT2D eigenvalue weighted by atomic mass is 9.89. The number of furan rings is 1. The monoisotopic (exact) mass is 827 g/mol. The molecule has 13 rings (SSSR count). The number of hydrogen-bond donors (Lipinski definition) is 0. The largest absolute Gasteiger partial charge is 0.455 e. The minimum Gasteiger partial charge on any atom is -0.455 e. The summed E-state index contributed by atoms with van der Waals surface area (Å²) in [6.45, 7) is 0. The fraction of sp³-hybridized carbons (Fsp3) is 0. The number of benzene rings is 11. The molecule has 13 aromatic rings. The maximum absolute atomic E-state index is 6.65. The van der Waals surface area contributed by atoms with Crippen LogP contribution in [0.15, 0.2) is 229 Å². The molecule has 2 aromatic heterocycles. The number of para-hydroxylation sites is 2. The van der Waals surface area contributed by atoms with Crippen molar-refractivity contribution >= 4 is 65.0 Å². The number of aromatic nitrogens is 3. The van der Waals surface area contributed by atoms with Crippen molar-refractivity contribution in [2.75, 3.05) is 0 Å². The molecule has 0 aliphatic carbocycles. The summed E-state index contributed by atoms with van der Waals surface area (Å²) < 4.78 is 6.65. The Morgan fingerprint density at radius 1 is 0.262 bits per heavy atom. The van der Waals surface area contributed by atoms with Gasteiger partial charge in [-0.25, -0.2) is 15.0 Å². The van der Waals surface area contributed by atoms with Gasteiger partial charge in [-0.05, 0) is 107 Å². The molecule has 0 unspecified atom stereocenters. The zero-order chi connectivity index (χ0) is 42.8. The van der Waals surface area contributed by atoms with Crippen molar-refractivity contribution in [1.82, 2.24) is 15.0 Å². The van der Waals surface area contributed by atoms with Crippen molar-refractivity contribution in [3.8, 4) is 67.5 Å². The molecule has 0 aliphatic heterocycles. The van der Waals surface area contributed by atoms with Crippen LogP contribution in [0.5, 0.6) is 0 Å². The van der Waals surface area contributed by atoms with Gasteiger partial charge in [0.1, 0.15) is 11.2 Å². The van der Waals surface area contributed by atoms with E-state index >= 15 is 0 Å². The predicted octanol–water partition coefficient (Wildman–Crippen LogP) is 16.4. The van der Waals surface area contributed by atoms with Crippen LogP contribution in [0.3, 0.4) is 0 Å². The highest BCUT2D eigenvalue weighted by molar-refractivity contribution is 6.12. The normalized spacial score (nSPS) is 11.7. The molecule has 4 nitrogen and oxygen atoms in total. The smallest absolute Gasteiger partial charge is 0.167 e. The van der Waals surface area contributed by atoms with Crippen LogP contribution in [0.4, 0.5) is 0 Å². The lowest BCUT2D eigenvalue weighted by Crippen LogP contribution is -2.02. The third-order valence-corrected chi connectivity index (χ3v) is 12.9. The van der Waals surface area contributed by atoms with Crippen LogP contribution < -0.4 is 0 Å². The molecule has 0 aliphatic rings. The molecule has 65 heavy (non-hydrogen) atoms. The topological polar surface area (TPSA) is 51.8 Å². The van der Waals surface area contributed by atoms with Gasteiger partial charge >= 0.3 is 0 Å². The summed E-state index contributed by atoms with van der Waals surface area (Å²) in [4.78, 5) is 16.4. The van der Waals surface area contributed by atoms with E-state index in [4.69, 9.17) is 19.4 Å². The van der Waals surface area contributed by atoms with Gasteiger partial charge in [-0.15, -0.1) is 0 Å². The third kappa shape index (κ3) is 6.11. The van der Waals surface area contributed by atoms with Crippen molar-refractivity contribution in [2.24, 2.45) is 0 Å². The number of hydrogen-bond acceptors (Lipinski definition) is 4. The first-order chi connectivity index (χ1) is 32.2. The van der Waals surface area contributed by atoms with Crippen LogP contribution in [0.25, 0.3) is 133 Å². The van der Waals surface area contributed by atoms with Crippen LogP contribution in [-0.4, -0.2) is 15.0 Å². The number of fused-ring (bicyclic) bond motifs is 7. The number of nitrogens with zero attached hydrogens (tertiary/aromatic N) is 3. The third-order valence-electron chi connectivity index (χ3n) is 12.9. The lowest BCUT2D eigenvalue weighted by Gasteiger charge is -2.17. The van der Waals surface area contributed by atoms with Crippen LogP contribution in [0.2, 0.25) is 0 Å². The van der Waals surface area contributed by atoms with Gasteiger partial charge < -0.3 is 4.42 Å². The van der Waals surface area contributed by atoms with E-state index in [0.29, 0.717) is 17.5 Å². The standard InChI is InChI=1S/C61H37N3O/c1-2-16-39(17-3-1)55-37-42(36-41-20-6-8-23-44(41)55)45-34-35-53(49-26-11-10-25-47(45)49)59-62-60(54-30-15-29-52-50-27-12-13-31-56(50)65-58(52)54)64-61(63-59)57-46-24-9-5-19-40(46)32-33-51(57)48-28-14-21-38-18-4-7-22-43(38)48/h1-37H. The van der Waals surface area contributed by atoms with Gasteiger partial charge in [-0.3, -0.25) is 0 Å². The quantitative estimate of drug-likeness (QED) is 0.168. The molecular weight excluding hydrogens is 791 g/mol. The lowest BCUT2D eigenvalue weighted by molar-refractivity contribution is 0.669. The van der Waals surface area contributed by atoms with Crippen LogP contribution >= 0.6 is 0 Å². The molecule has 0 amide bonds. The first-order valence-electron chi connectivity index (χ1n) is 22.0. The summed E-state index contributed by atoms with van der Waals surface area (Å²) in [5, 5.41) is 11.2. The molecular formula is C61H37N3O. The molecule has 0 N–H and O–H groups in total. The second-order valence-corrected chi connectivity index (χ2v) is 16.6. The van der Waals surface area contributed by atoms with Gasteiger partial charge in [0.25, 0.3) is 0 Å². The second-order valence-electron chi connectivity index (χ2n) is 16.6. The highest BCUT2D eigenvalue weighted by Gasteiger charge is 2.23. The fourth-order valence-electron chi connectivity index (χ4n) is 9.92. The molecule has 0 saturated heterocycles. The SMILES string of the molecule is c1ccc(-c2cc(-c3ccc(-c4nc(-c5c(-c6cccc7ccccc67)ccc6ccccc56)nc(-c5cccc6c5oc5ccccc56)n4)c4ccccc34)cc3ccccc23)cc1. The van der Waals surface area contributed by atoms with Crippen LogP contribution in [-0.2, 0) is 0 Å². The zero-order valence-corrected chi connectivity index (χ0v) is 35.1. The van der Waals surface area contributed by atoms with Crippen molar-refractivity contribution in [3.05, 3.63) is 224 Å². The fourth-order valence-corrected chi connectivity index (χ4v) is 9.92. The highest BCUT2D eigenvalue weighted by atomic mass is 16.3. The Bertz CT molecular complexity index is 4010. The molecule has 302 valence electrons. The molecule has 4 heteroatoms. The summed E-state index contributed by atoms with van der Waals surface area (Å²) in [5.41, 5.74) is 11.1. The summed E-state index contributed by atoms with van der Waals surface area (Å²) in [6, 6.07) is 79.5. The molecule has 0 fully saturated rings. The van der Waals surface area contributed by atoms with Gasteiger partial charge in [0.05, 0.1) is 5.56 Å². The van der Waals surface area contributed by atoms with Crippen LogP contribution in [0.1, 0.15) is 0 Å². The Morgan fingerprint density at radius 2 is 0.785 bits per heavy atom. The van der Waals surface area contributed by atoms with E-state index in [1.807, 2.05) is 18.2 Å². The van der Waals surface area contributed by atoms with Crippen molar-refractivity contribution < 1.29 is 4.42 Å². The van der Waals surface area contributed by atoms with Crippen molar-refractivity contribution in [3.63, 3.8) is 0 Å². The summed E-state index contributed by atoms with van der Waals surface area (Å²) in [6.07, 6.45) is 0. The summed E-state index contributed by atoms with van der Waals surface area (Å²) >= 11 is 0. The molecule has 0 bridgehead atoms. The minimum atomic E-state index is 0.543. The predicted molar refractivity (Wildman–Crippen MR) is 270 cm³/mol. The molecule has 0 saturated carbocycles. The summed E-state index contributed by atoms with van der Waals surface area (Å²) in [7, 11) is 0. The molecule has 0 spiro atoms. The second kappa shape index (κ2) is 15.0. The molecule has 11 aromatic carbocycles. The van der Waals surface area contributed by atoms with E-state index in [0.717, 1.165) is 82.4 Å². The molecule has 0 atom stereocenters. The van der Waals surface area contributed by atoms with E-state index in [1.165, 1.54) is 32.7 Å². The Labute approximate surface area is 374 Å². The van der Waals surface area contributed by atoms with Gasteiger partial charge in [0, 0.05) is 21.9 Å². The Hall–Kier alpha value is -8.73. The Kier molecular flexibility index (Phi) is 8.50. The number of rotatable bonds is 6. The maximum atomic E-state index is 6.65. The van der Waals surface area contributed by atoms with E-state index in [1.54, 1.807) is 0 Å². The van der Waals surface area contributed by atoms with Gasteiger partial charge in [-0.1, -0.05) is 194 Å². The Balaban J connectivity index is 1.09. The average molecular weight is 828 g/mol. The van der Waals surface area contributed by atoms with Crippen molar-refractivity contribution in [2.45, 2.75) is 0 Å². The zero-order valence-electron chi connectivity index (χ0n) is 35.1. The van der Waals surface area contributed by atoms with Gasteiger partial charge in [-0.2, -0.15) is 0 Å². The first kappa shape index (κ1) is 36.9. The van der Waals surface area contributed by atoms with E-state index < -0.39 is 0 Å². The van der Waals surface area contributed by atoms with Crippen molar-refractivity contribution in [1.29, 1.82) is 0 Å². The molecule has 2 heterocycles. The average Bonchev–Trinajstić information content (AvgIpc) is 3.77. The maximum Gasteiger partial charge on any atom is 0.167 e. The van der Waals surface area contributed by atoms with E-state index in [2.05, 4.69) is 206 Å². The molecule has 0 radical (unpaired) electrons. The van der Waals surface area contributed by atoms with E-state index in [-0.39, 0.29) is 0 Å². The minimum absolute atomic E-state index is 0.543. The first-order valence-corrected chi connectivity index (χ1v) is 22.0. The highest BCUT2D eigenvalue weighted by Crippen LogP contribution is 2.44. The summed E-state index contributed by atoms with van der Waals surface area (Å²) in [5.74, 6) is 1.72. The van der Waals surface area contributed by atoms with Gasteiger partial charge in [0.15, 0.2) is 17.5 Å². The van der Waals surface area contributed by atoms with Crippen LogP contribution in [0, 0.1) is 0 Å². The van der Waals surface area contributed by atoms with E-state index in [9.17, 15) is 0 Å². The Morgan fingerprint density at radius 3 is 1.58 bits per heavy atom. The van der Waals surface area contributed by atoms with Gasteiger partial charge in [0.2, 0.25) is 0 Å².